The highest BCUT2D eigenvalue weighted by Crippen LogP contribution is 2.51. The van der Waals surface area contributed by atoms with Crippen LogP contribution < -0.4 is 4.90 Å². The number of ketones is 1. The standard InChI is InChI=1S/C31H34FN5O3S/c1-21-29(22-6-9-24(10-7-22)36-14-16-41(39,40)17-15-36)30(35-37(21)28-11-8-23(32)19-34-28)26-5-3-2-4-25(26)27(38)18-31(20-33)12-13-31/h6-11,19,25-26H,2-5,12-18H2,1H3/t25-,26-/m1/s1. The number of benzene rings is 1. The number of nitriles is 1. The molecule has 3 fully saturated rings. The lowest BCUT2D eigenvalue weighted by atomic mass is 9.72. The number of anilines is 1. The fourth-order valence-corrected chi connectivity index (χ4v) is 7.65. The maximum atomic E-state index is 13.7. The van der Waals surface area contributed by atoms with Gasteiger partial charge in [-0.05, 0) is 62.4 Å². The van der Waals surface area contributed by atoms with Gasteiger partial charge in [-0.2, -0.15) is 10.4 Å². The number of aromatic nitrogens is 3. The number of rotatable bonds is 7. The highest BCUT2D eigenvalue weighted by molar-refractivity contribution is 7.91. The summed E-state index contributed by atoms with van der Waals surface area (Å²) >= 11 is 0. The van der Waals surface area contributed by atoms with Gasteiger partial charge in [-0.25, -0.2) is 22.5 Å². The summed E-state index contributed by atoms with van der Waals surface area (Å²) in [5.41, 5.74) is 4.06. The smallest absolute Gasteiger partial charge is 0.153 e. The number of halogens is 1. The number of sulfone groups is 1. The quantitative estimate of drug-likeness (QED) is 0.383. The SMILES string of the molecule is Cc1c(-c2ccc(N3CCS(=O)(=O)CC3)cc2)c([C@@H]2CCCC[C@H]2C(=O)CC2(C#N)CC2)nn1-c1ccc(F)cn1. The van der Waals surface area contributed by atoms with E-state index >= 15 is 0 Å². The number of carbonyl (C=O) groups is 1. The maximum absolute atomic E-state index is 13.7. The molecule has 214 valence electrons. The van der Waals surface area contributed by atoms with Crippen LogP contribution in [0.5, 0.6) is 0 Å². The molecule has 0 radical (unpaired) electrons. The third-order valence-corrected chi connectivity index (χ3v) is 10.7. The number of pyridine rings is 1. The lowest BCUT2D eigenvalue weighted by molar-refractivity contribution is -0.125. The average Bonchev–Trinajstić information content (AvgIpc) is 3.67. The lowest BCUT2D eigenvalue weighted by Crippen LogP contribution is -2.40. The van der Waals surface area contributed by atoms with Crippen LogP contribution in [0.15, 0.2) is 42.6 Å². The summed E-state index contributed by atoms with van der Waals surface area (Å²) in [6.07, 6.45) is 6.63. The Bertz CT molecular complexity index is 1590. The molecule has 8 nitrogen and oxygen atoms in total. The molecule has 0 amide bonds. The van der Waals surface area contributed by atoms with Crippen LogP contribution in [0.3, 0.4) is 0 Å². The molecule has 0 N–H and O–H groups in total. The number of hydrogen-bond acceptors (Lipinski definition) is 7. The van der Waals surface area contributed by atoms with Crippen molar-refractivity contribution in [3.05, 3.63) is 59.8 Å². The first kappa shape index (κ1) is 27.6. The van der Waals surface area contributed by atoms with Crippen molar-refractivity contribution in [2.75, 3.05) is 29.5 Å². The van der Waals surface area contributed by atoms with E-state index in [4.69, 9.17) is 5.10 Å². The summed E-state index contributed by atoms with van der Waals surface area (Å²) in [5.74, 6) is 0.244. The minimum Gasteiger partial charge on any atom is -0.369 e. The van der Waals surface area contributed by atoms with Crippen molar-refractivity contribution >= 4 is 21.3 Å². The Labute approximate surface area is 240 Å². The van der Waals surface area contributed by atoms with E-state index in [1.165, 1.54) is 12.3 Å². The average molecular weight is 576 g/mol. The number of carbonyl (C=O) groups excluding carboxylic acids is 1. The molecule has 2 atom stereocenters. The monoisotopic (exact) mass is 575 g/mol. The first-order chi connectivity index (χ1) is 19.7. The van der Waals surface area contributed by atoms with Crippen LogP contribution in [0.1, 0.15) is 62.3 Å². The Kier molecular flexibility index (Phi) is 7.18. The maximum Gasteiger partial charge on any atom is 0.153 e. The normalized spacial score (nSPS) is 23.1. The van der Waals surface area contributed by atoms with Gasteiger partial charge in [0, 0.05) is 42.6 Å². The van der Waals surface area contributed by atoms with Gasteiger partial charge in [0.25, 0.3) is 0 Å². The Morgan fingerprint density at radius 3 is 2.44 bits per heavy atom. The zero-order valence-corrected chi connectivity index (χ0v) is 24.0. The molecule has 2 aromatic heterocycles. The van der Waals surface area contributed by atoms with Crippen LogP contribution in [0.4, 0.5) is 10.1 Å². The molecule has 2 saturated carbocycles. The van der Waals surface area contributed by atoms with Crippen molar-refractivity contribution in [1.29, 1.82) is 5.26 Å². The third kappa shape index (κ3) is 5.52. The predicted octanol–water partition coefficient (Wildman–Crippen LogP) is 5.15. The van der Waals surface area contributed by atoms with E-state index in [1.54, 1.807) is 10.7 Å². The zero-order valence-electron chi connectivity index (χ0n) is 23.2. The van der Waals surface area contributed by atoms with Crippen molar-refractivity contribution in [2.45, 2.75) is 57.8 Å². The largest absolute Gasteiger partial charge is 0.369 e. The van der Waals surface area contributed by atoms with Crippen LogP contribution in [-0.4, -0.2) is 53.6 Å². The Balaban J connectivity index is 1.38. The highest BCUT2D eigenvalue weighted by atomic mass is 32.2. The summed E-state index contributed by atoms with van der Waals surface area (Å²) in [4.78, 5) is 20.0. The van der Waals surface area contributed by atoms with Gasteiger partial charge >= 0.3 is 0 Å². The van der Waals surface area contributed by atoms with Crippen molar-refractivity contribution in [3.8, 4) is 23.0 Å². The second-order valence-corrected chi connectivity index (χ2v) is 14.1. The Morgan fingerprint density at radius 1 is 1.10 bits per heavy atom. The molecule has 3 heterocycles. The third-order valence-electron chi connectivity index (χ3n) is 9.07. The van der Waals surface area contributed by atoms with Gasteiger partial charge in [-0.1, -0.05) is 25.0 Å². The first-order valence-corrected chi connectivity index (χ1v) is 16.2. The van der Waals surface area contributed by atoms with Crippen LogP contribution in [0.2, 0.25) is 0 Å². The second kappa shape index (κ2) is 10.7. The topological polar surface area (TPSA) is 109 Å². The van der Waals surface area contributed by atoms with E-state index in [2.05, 4.69) is 16.0 Å². The Morgan fingerprint density at radius 2 is 1.80 bits per heavy atom. The van der Waals surface area contributed by atoms with E-state index in [-0.39, 0.29) is 29.1 Å². The molecule has 0 unspecified atom stereocenters. The molecule has 2 aliphatic carbocycles. The molecule has 0 bridgehead atoms. The molecule has 6 rings (SSSR count). The molecule has 10 heteroatoms. The van der Waals surface area contributed by atoms with Gasteiger partial charge in [-0.15, -0.1) is 0 Å². The van der Waals surface area contributed by atoms with E-state index in [9.17, 15) is 22.9 Å². The van der Waals surface area contributed by atoms with Gasteiger partial charge in [-0.3, -0.25) is 4.79 Å². The minimum absolute atomic E-state index is 0.0897. The Hall–Kier alpha value is -3.58. The fraction of sp³-hybridized carbons (Fsp3) is 0.484. The van der Waals surface area contributed by atoms with Gasteiger partial charge < -0.3 is 4.90 Å². The summed E-state index contributed by atoms with van der Waals surface area (Å²) < 4.78 is 39.2. The molecule has 1 aliphatic heterocycles. The van der Waals surface area contributed by atoms with E-state index in [0.29, 0.717) is 25.3 Å². The van der Waals surface area contributed by atoms with E-state index in [1.807, 2.05) is 31.2 Å². The van der Waals surface area contributed by atoms with Gasteiger partial charge in [0.2, 0.25) is 0 Å². The molecule has 1 saturated heterocycles. The number of Topliss-reactive ketones (excluding diaryl/α,β-unsaturated/α-hetero) is 1. The van der Waals surface area contributed by atoms with Crippen LogP contribution >= 0.6 is 0 Å². The predicted molar refractivity (Wildman–Crippen MR) is 154 cm³/mol. The molecular formula is C31H34FN5O3S. The van der Waals surface area contributed by atoms with E-state index in [0.717, 1.165) is 66.7 Å². The summed E-state index contributed by atoms with van der Waals surface area (Å²) in [7, 11) is -2.97. The van der Waals surface area contributed by atoms with Crippen molar-refractivity contribution in [3.63, 3.8) is 0 Å². The van der Waals surface area contributed by atoms with Crippen molar-refractivity contribution < 1.29 is 17.6 Å². The summed E-state index contributed by atoms with van der Waals surface area (Å²) in [5, 5.41) is 14.7. The van der Waals surface area contributed by atoms with Crippen molar-refractivity contribution in [1.82, 2.24) is 14.8 Å². The highest BCUT2D eigenvalue weighted by Gasteiger charge is 2.47. The fourth-order valence-electron chi connectivity index (χ4n) is 6.45. The van der Waals surface area contributed by atoms with E-state index < -0.39 is 21.1 Å². The summed E-state index contributed by atoms with van der Waals surface area (Å²) in [6.45, 7) is 2.90. The molecule has 3 aromatic rings. The summed E-state index contributed by atoms with van der Waals surface area (Å²) in [6, 6.07) is 13.4. The van der Waals surface area contributed by atoms with Gasteiger partial charge in [0.1, 0.15) is 11.6 Å². The van der Waals surface area contributed by atoms with Crippen LogP contribution in [0.25, 0.3) is 16.9 Å². The van der Waals surface area contributed by atoms with Crippen molar-refractivity contribution in [2.24, 2.45) is 11.3 Å². The number of hydrogen-bond donors (Lipinski definition) is 0. The first-order valence-electron chi connectivity index (χ1n) is 14.4. The molecule has 0 spiro atoms. The molecule has 3 aliphatic rings. The molecule has 41 heavy (non-hydrogen) atoms. The molecular weight excluding hydrogens is 541 g/mol. The van der Waals surface area contributed by atoms with Crippen LogP contribution in [-0.2, 0) is 14.6 Å². The van der Waals surface area contributed by atoms with Gasteiger partial charge in [0.05, 0.1) is 40.6 Å². The minimum atomic E-state index is -2.97. The lowest BCUT2D eigenvalue weighted by Gasteiger charge is -2.31. The second-order valence-electron chi connectivity index (χ2n) is 11.8. The van der Waals surface area contributed by atoms with Crippen LogP contribution in [0, 0.1) is 35.4 Å². The van der Waals surface area contributed by atoms with Gasteiger partial charge in [0.15, 0.2) is 15.7 Å². The zero-order chi connectivity index (χ0) is 28.8. The molecule has 1 aromatic carbocycles. The number of nitrogens with zero attached hydrogens (tertiary/aromatic N) is 5.